The van der Waals surface area contributed by atoms with Gasteiger partial charge in [0.05, 0.1) is 16.6 Å². The van der Waals surface area contributed by atoms with Crippen molar-refractivity contribution < 1.29 is 14.1 Å². The van der Waals surface area contributed by atoms with E-state index in [1.165, 1.54) is 0 Å². The number of carbonyl (C=O) groups is 1. The number of nitro benzene ring substituents is 1. The maximum Gasteiger partial charge on any atom is 0.272 e. The summed E-state index contributed by atoms with van der Waals surface area (Å²) in [5.74, 6) is -1.39. The molecule has 0 unspecified atom stereocenters. The number of rotatable bonds is 3. The van der Waals surface area contributed by atoms with Crippen molar-refractivity contribution in [1.82, 2.24) is 5.32 Å². The van der Waals surface area contributed by atoms with Gasteiger partial charge in [0.1, 0.15) is 5.82 Å². The van der Waals surface area contributed by atoms with Crippen molar-refractivity contribution in [3.63, 3.8) is 0 Å². The Hall–Kier alpha value is -1.98. The molecule has 0 bridgehead atoms. The first-order valence-corrected chi connectivity index (χ1v) is 4.83. The highest BCUT2D eigenvalue weighted by Gasteiger charge is 2.25. The molecule has 1 N–H and O–H groups in total. The van der Waals surface area contributed by atoms with Crippen LogP contribution in [-0.2, 0) is 0 Å². The number of hydrogen-bond acceptors (Lipinski definition) is 3. The molecule has 1 aromatic rings. The number of nitrogens with zero attached hydrogens (tertiary/aromatic N) is 1. The Morgan fingerprint density at radius 3 is 2.69 bits per heavy atom. The zero-order valence-electron chi connectivity index (χ0n) is 8.27. The third-order valence-corrected chi connectivity index (χ3v) is 2.32. The maximum absolute atomic E-state index is 13.4. The molecule has 1 amide bonds. The molecule has 0 spiro atoms. The third-order valence-electron chi connectivity index (χ3n) is 2.32. The SMILES string of the molecule is O=C(NC1CC1)c1ccc([N+](=O)[O-])cc1F. The number of nitro groups is 1. The number of hydrogen-bond donors (Lipinski definition) is 1. The molecule has 1 aromatic carbocycles. The van der Waals surface area contributed by atoms with Crippen molar-refractivity contribution >= 4 is 11.6 Å². The number of carbonyl (C=O) groups excluding carboxylic acids is 1. The van der Waals surface area contributed by atoms with Gasteiger partial charge in [-0.05, 0) is 18.9 Å². The fourth-order valence-electron chi connectivity index (χ4n) is 1.29. The lowest BCUT2D eigenvalue weighted by molar-refractivity contribution is -0.385. The van der Waals surface area contributed by atoms with Gasteiger partial charge in [-0.2, -0.15) is 0 Å². The van der Waals surface area contributed by atoms with Gasteiger partial charge in [-0.3, -0.25) is 14.9 Å². The zero-order chi connectivity index (χ0) is 11.7. The molecule has 6 heteroatoms. The van der Waals surface area contributed by atoms with Crippen LogP contribution in [0, 0.1) is 15.9 Å². The molecular formula is C10H9FN2O3. The van der Waals surface area contributed by atoms with Crippen molar-refractivity contribution in [2.24, 2.45) is 0 Å². The van der Waals surface area contributed by atoms with Crippen LogP contribution < -0.4 is 5.32 Å². The van der Waals surface area contributed by atoms with Crippen LogP contribution in [0.3, 0.4) is 0 Å². The Morgan fingerprint density at radius 2 is 2.19 bits per heavy atom. The number of non-ortho nitro benzene ring substituents is 1. The molecule has 0 radical (unpaired) electrons. The molecule has 1 aliphatic carbocycles. The van der Waals surface area contributed by atoms with Gasteiger partial charge < -0.3 is 5.32 Å². The van der Waals surface area contributed by atoms with E-state index in [0.29, 0.717) is 0 Å². The number of halogens is 1. The van der Waals surface area contributed by atoms with Crippen LogP contribution in [0.4, 0.5) is 10.1 Å². The number of amides is 1. The highest BCUT2D eigenvalue weighted by molar-refractivity contribution is 5.95. The van der Waals surface area contributed by atoms with Crippen LogP contribution >= 0.6 is 0 Å². The Kier molecular flexibility index (Phi) is 2.55. The molecule has 2 rings (SSSR count). The standard InChI is InChI=1S/C10H9FN2O3/c11-9-5-7(13(15)16)3-4-8(9)10(14)12-6-1-2-6/h3-6H,1-2H2,(H,12,14). The van der Waals surface area contributed by atoms with Crippen LogP contribution in [0.2, 0.25) is 0 Å². The molecule has 0 atom stereocenters. The summed E-state index contributed by atoms with van der Waals surface area (Å²) in [7, 11) is 0. The lowest BCUT2D eigenvalue weighted by atomic mass is 10.2. The summed E-state index contributed by atoms with van der Waals surface area (Å²) in [5, 5.41) is 13.0. The molecule has 84 valence electrons. The van der Waals surface area contributed by atoms with E-state index in [0.717, 1.165) is 31.0 Å². The van der Waals surface area contributed by atoms with E-state index in [1.807, 2.05) is 0 Å². The monoisotopic (exact) mass is 224 g/mol. The van der Waals surface area contributed by atoms with Gasteiger partial charge >= 0.3 is 0 Å². The summed E-state index contributed by atoms with van der Waals surface area (Å²) >= 11 is 0. The third kappa shape index (κ3) is 2.16. The largest absolute Gasteiger partial charge is 0.349 e. The Morgan fingerprint density at radius 1 is 1.50 bits per heavy atom. The molecule has 5 nitrogen and oxygen atoms in total. The molecule has 0 heterocycles. The fourth-order valence-corrected chi connectivity index (χ4v) is 1.29. The first-order chi connectivity index (χ1) is 7.58. The van der Waals surface area contributed by atoms with Crippen LogP contribution in [0.5, 0.6) is 0 Å². The van der Waals surface area contributed by atoms with Gasteiger partial charge in [0.25, 0.3) is 11.6 Å². The van der Waals surface area contributed by atoms with E-state index >= 15 is 0 Å². The van der Waals surface area contributed by atoms with Gasteiger partial charge in [0.15, 0.2) is 0 Å². The van der Waals surface area contributed by atoms with Gasteiger partial charge in [0.2, 0.25) is 0 Å². The highest BCUT2D eigenvalue weighted by Crippen LogP contribution is 2.21. The lowest BCUT2D eigenvalue weighted by Gasteiger charge is -2.03. The average molecular weight is 224 g/mol. The predicted octanol–water partition coefficient (Wildman–Crippen LogP) is 1.63. The Bertz CT molecular complexity index is 457. The van der Waals surface area contributed by atoms with Gasteiger partial charge in [-0.15, -0.1) is 0 Å². The zero-order valence-corrected chi connectivity index (χ0v) is 8.27. The van der Waals surface area contributed by atoms with Crippen molar-refractivity contribution in [1.29, 1.82) is 0 Å². The lowest BCUT2D eigenvalue weighted by Crippen LogP contribution is -2.26. The number of benzene rings is 1. The molecule has 1 saturated carbocycles. The molecule has 16 heavy (non-hydrogen) atoms. The second kappa shape index (κ2) is 3.88. The second-order valence-electron chi connectivity index (χ2n) is 3.67. The van der Waals surface area contributed by atoms with Crippen LogP contribution in [0.1, 0.15) is 23.2 Å². The summed E-state index contributed by atoms with van der Waals surface area (Å²) in [6, 6.07) is 3.12. The average Bonchev–Trinajstić information content (AvgIpc) is 3.01. The van der Waals surface area contributed by atoms with E-state index in [4.69, 9.17) is 0 Å². The first kappa shape index (κ1) is 10.5. The van der Waals surface area contributed by atoms with Crippen LogP contribution in [0.25, 0.3) is 0 Å². The van der Waals surface area contributed by atoms with E-state index in [-0.39, 0.29) is 17.3 Å². The Balaban J connectivity index is 2.20. The van der Waals surface area contributed by atoms with E-state index in [2.05, 4.69) is 5.32 Å². The fraction of sp³-hybridized carbons (Fsp3) is 0.300. The quantitative estimate of drug-likeness (QED) is 0.626. The normalized spacial score (nSPS) is 14.6. The molecular weight excluding hydrogens is 215 g/mol. The van der Waals surface area contributed by atoms with Gasteiger partial charge in [-0.1, -0.05) is 0 Å². The second-order valence-corrected chi connectivity index (χ2v) is 3.67. The minimum absolute atomic E-state index is 0.127. The minimum Gasteiger partial charge on any atom is -0.349 e. The van der Waals surface area contributed by atoms with E-state index < -0.39 is 16.6 Å². The van der Waals surface area contributed by atoms with Gasteiger partial charge in [-0.25, -0.2) is 4.39 Å². The summed E-state index contributed by atoms with van der Waals surface area (Å²) in [6.07, 6.45) is 1.81. The summed E-state index contributed by atoms with van der Waals surface area (Å²) < 4.78 is 13.4. The smallest absolute Gasteiger partial charge is 0.272 e. The Labute approximate surface area is 90.4 Å². The van der Waals surface area contributed by atoms with Crippen molar-refractivity contribution in [3.8, 4) is 0 Å². The molecule has 0 aliphatic heterocycles. The summed E-state index contributed by atoms with van der Waals surface area (Å²) in [4.78, 5) is 21.1. The molecule has 1 fully saturated rings. The molecule has 0 aromatic heterocycles. The van der Waals surface area contributed by atoms with Crippen LogP contribution in [-0.4, -0.2) is 16.9 Å². The highest BCUT2D eigenvalue weighted by atomic mass is 19.1. The molecule has 0 saturated heterocycles. The maximum atomic E-state index is 13.4. The molecule has 1 aliphatic rings. The van der Waals surface area contributed by atoms with Crippen molar-refractivity contribution in [2.45, 2.75) is 18.9 Å². The number of nitrogens with one attached hydrogen (secondary N) is 1. The predicted molar refractivity (Wildman–Crippen MR) is 53.5 cm³/mol. The van der Waals surface area contributed by atoms with E-state index in [1.54, 1.807) is 0 Å². The minimum atomic E-state index is -0.868. The van der Waals surface area contributed by atoms with Crippen molar-refractivity contribution in [2.75, 3.05) is 0 Å². The van der Waals surface area contributed by atoms with Crippen molar-refractivity contribution in [3.05, 3.63) is 39.7 Å². The van der Waals surface area contributed by atoms with Crippen LogP contribution in [0.15, 0.2) is 18.2 Å². The first-order valence-electron chi connectivity index (χ1n) is 4.83. The van der Waals surface area contributed by atoms with E-state index in [9.17, 15) is 19.3 Å². The summed E-state index contributed by atoms with van der Waals surface area (Å²) in [6.45, 7) is 0. The van der Waals surface area contributed by atoms with Gasteiger partial charge in [0, 0.05) is 12.1 Å². The topological polar surface area (TPSA) is 72.2 Å². The summed E-state index contributed by atoms with van der Waals surface area (Å²) in [5.41, 5.74) is -0.516.